The van der Waals surface area contributed by atoms with E-state index in [-0.39, 0.29) is 0 Å². The van der Waals surface area contributed by atoms with Crippen LogP contribution in [0.5, 0.6) is 0 Å². The molecule has 0 aliphatic carbocycles. The minimum atomic E-state index is 0.483. The summed E-state index contributed by atoms with van der Waals surface area (Å²) < 4.78 is 5.70. The molecule has 2 nitrogen and oxygen atoms in total. The Morgan fingerprint density at radius 1 is 1.15 bits per heavy atom. The number of halogens is 1. The Kier molecular flexibility index (Phi) is 8.92. The fourth-order valence-electron chi connectivity index (χ4n) is 2.07. The van der Waals surface area contributed by atoms with Gasteiger partial charge in [0.25, 0.3) is 0 Å². The average Bonchev–Trinajstić information content (AvgIpc) is 2.43. The second kappa shape index (κ2) is 10.2. The summed E-state index contributed by atoms with van der Waals surface area (Å²) in [5.74, 6) is 0.483. The van der Waals surface area contributed by atoms with Crippen molar-refractivity contribution in [1.29, 1.82) is 0 Å². The Morgan fingerprint density at radius 3 is 2.45 bits per heavy atom. The molecule has 1 aromatic rings. The predicted octanol–water partition coefficient (Wildman–Crippen LogP) is 4.63. The largest absolute Gasteiger partial charge is 0.381 e. The Balaban J connectivity index is 2.49. The molecule has 114 valence electrons. The summed E-state index contributed by atoms with van der Waals surface area (Å²) in [6.45, 7) is 9.23. The predicted molar refractivity (Wildman–Crippen MR) is 87.7 cm³/mol. The second-order valence-corrected chi connectivity index (χ2v) is 6.00. The van der Waals surface area contributed by atoms with Crippen molar-refractivity contribution in [2.45, 2.75) is 52.0 Å². The van der Waals surface area contributed by atoms with Crippen LogP contribution in [0.25, 0.3) is 0 Å². The molecule has 0 saturated carbocycles. The van der Waals surface area contributed by atoms with Gasteiger partial charge in [0.15, 0.2) is 0 Å². The maximum Gasteiger partial charge on any atom is 0.0472 e. The van der Waals surface area contributed by atoms with E-state index >= 15 is 0 Å². The summed E-state index contributed by atoms with van der Waals surface area (Å²) in [5.41, 5.74) is 1.33. The van der Waals surface area contributed by atoms with E-state index in [4.69, 9.17) is 16.3 Å². The Bertz CT molecular complexity index is 351. The maximum atomic E-state index is 5.97. The molecule has 1 aromatic carbocycles. The van der Waals surface area contributed by atoms with Gasteiger partial charge < -0.3 is 10.1 Å². The van der Waals surface area contributed by atoms with Crippen molar-refractivity contribution < 1.29 is 4.74 Å². The van der Waals surface area contributed by atoms with Gasteiger partial charge in [-0.05, 0) is 36.5 Å². The van der Waals surface area contributed by atoms with Gasteiger partial charge in [-0.15, -0.1) is 0 Å². The molecular weight excluding hydrogens is 270 g/mol. The molecule has 0 aromatic heterocycles. The van der Waals surface area contributed by atoms with Crippen LogP contribution in [0.2, 0.25) is 5.02 Å². The van der Waals surface area contributed by atoms with Crippen LogP contribution in [0.3, 0.4) is 0 Å². The first kappa shape index (κ1) is 17.5. The molecule has 0 bridgehead atoms. The summed E-state index contributed by atoms with van der Waals surface area (Å²) in [6, 6.07) is 8.70. The molecule has 3 heteroatoms. The Morgan fingerprint density at radius 2 is 1.85 bits per heavy atom. The van der Waals surface area contributed by atoms with Crippen molar-refractivity contribution in [3.05, 3.63) is 34.9 Å². The van der Waals surface area contributed by atoms with Crippen molar-refractivity contribution in [2.24, 2.45) is 0 Å². The van der Waals surface area contributed by atoms with E-state index < -0.39 is 0 Å². The average molecular weight is 298 g/mol. The van der Waals surface area contributed by atoms with Crippen LogP contribution in [0.4, 0.5) is 0 Å². The molecule has 0 aliphatic heterocycles. The van der Waals surface area contributed by atoms with Crippen LogP contribution >= 0.6 is 11.6 Å². The normalized spacial score (nSPS) is 12.8. The zero-order valence-corrected chi connectivity index (χ0v) is 13.7. The molecule has 20 heavy (non-hydrogen) atoms. The fourth-order valence-corrected chi connectivity index (χ4v) is 2.20. The molecule has 1 N–H and O–H groups in total. The lowest BCUT2D eigenvalue weighted by molar-refractivity contribution is 0.123. The molecule has 0 fully saturated rings. The number of benzene rings is 1. The summed E-state index contributed by atoms with van der Waals surface area (Å²) in [7, 11) is 0. The van der Waals surface area contributed by atoms with Crippen molar-refractivity contribution in [3.63, 3.8) is 0 Å². The van der Waals surface area contributed by atoms with Gasteiger partial charge in [0.1, 0.15) is 0 Å². The van der Waals surface area contributed by atoms with Gasteiger partial charge >= 0.3 is 0 Å². The summed E-state index contributed by atoms with van der Waals surface area (Å²) in [6.07, 6.45) is 3.39. The first-order valence-corrected chi connectivity index (χ1v) is 8.07. The molecule has 0 radical (unpaired) electrons. The van der Waals surface area contributed by atoms with Crippen LogP contribution in [0.1, 0.15) is 51.5 Å². The highest BCUT2D eigenvalue weighted by atomic mass is 35.5. The van der Waals surface area contributed by atoms with E-state index in [2.05, 4.69) is 38.2 Å². The maximum absolute atomic E-state index is 5.97. The highest BCUT2D eigenvalue weighted by molar-refractivity contribution is 6.30. The molecule has 1 atom stereocenters. The lowest BCUT2D eigenvalue weighted by Crippen LogP contribution is -2.28. The summed E-state index contributed by atoms with van der Waals surface area (Å²) in [4.78, 5) is 0. The van der Waals surface area contributed by atoms with Gasteiger partial charge in [0, 0.05) is 30.8 Å². The Hall–Kier alpha value is -0.570. The van der Waals surface area contributed by atoms with Crippen LogP contribution in [0.15, 0.2) is 24.3 Å². The first-order valence-electron chi connectivity index (χ1n) is 7.70. The third kappa shape index (κ3) is 7.28. The van der Waals surface area contributed by atoms with E-state index in [0.717, 1.165) is 37.6 Å². The molecule has 1 rings (SSSR count). The van der Waals surface area contributed by atoms with E-state index in [1.807, 2.05) is 12.1 Å². The zero-order chi connectivity index (χ0) is 14.8. The van der Waals surface area contributed by atoms with Gasteiger partial charge in [0.2, 0.25) is 0 Å². The third-order valence-electron chi connectivity index (χ3n) is 3.37. The molecule has 1 unspecified atom stereocenters. The van der Waals surface area contributed by atoms with Gasteiger partial charge in [-0.25, -0.2) is 0 Å². The standard InChI is InChI=1S/C17H28ClNO/c1-4-5-11-20-12-10-16(13-19-14(2)3)15-6-8-17(18)9-7-15/h6-9,14,16,19H,4-5,10-13H2,1-3H3. The zero-order valence-electron chi connectivity index (χ0n) is 13.0. The first-order chi connectivity index (χ1) is 9.63. The van der Waals surface area contributed by atoms with Crippen LogP contribution in [0, 0.1) is 0 Å². The highest BCUT2D eigenvalue weighted by Crippen LogP contribution is 2.21. The van der Waals surface area contributed by atoms with E-state index in [9.17, 15) is 0 Å². The third-order valence-corrected chi connectivity index (χ3v) is 3.62. The van der Waals surface area contributed by atoms with Gasteiger partial charge in [0.05, 0.1) is 0 Å². The van der Waals surface area contributed by atoms with Crippen LogP contribution < -0.4 is 5.32 Å². The minimum absolute atomic E-state index is 0.483. The number of hydrogen-bond donors (Lipinski definition) is 1. The molecular formula is C17H28ClNO. The van der Waals surface area contributed by atoms with Crippen LogP contribution in [-0.2, 0) is 4.74 Å². The van der Waals surface area contributed by atoms with Crippen LogP contribution in [-0.4, -0.2) is 25.8 Å². The van der Waals surface area contributed by atoms with E-state index in [1.54, 1.807) is 0 Å². The number of unbranched alkanes of at least 4 members (excludes halogenated alkanes) is 1. The number of ether oxygens (including phenoxy) is 1. The lowest BCUT2D eigenvalue weighted by Gasteiger charge is -2.20. The second-order valence-electron chi connectivity index (χ2n) is 5.57. The minimum Gasteiger partial charge on any atom is -0.381 e. The molecule has 0 saturated heterocycles. The van der Waals surface area contributed by atoms with Crippen molar-refractivity contribution in [2.75, 3.05) is 19.8 Å². The lowest BCUT2D eigenvalue weighted by atomic mass is 9.96. The summed E-state index contributed by atoms with van der Waals surface area (Å²) >= 11 is 5.97. The number of nitrogens with one attached hydrogen (secondary N) is 1. The van der Waals surface area contributed by atoms with Crippen molar-refractivity contribution in [1.82, 2.24) is 5.32 Å². The molecule has 0 heterocycles. The molecule has 0 amide bonds. The fraction of sp³-hybridized carbons (Fsp3) is 0.647. The number of hydrogen-bond acceptors (Lipinski definition) is 2. The van der Waals surface area contributed by atoms with E-state index in [1.165, 1.54) is 12.0 Å². The van der Waals surface area contributed by atoms with Crippen molar-refractivity contribution >= 4 is 11.6 Å². The van der Waals surface area contributed by atoms with Gasteiger partial charge in [-0.1, -0.05) is 50.9 Å². The molecule has 0 spiro atoms. The smallest absolute Gasteiger partial charge is 0.0472 e. The quantitative estimate of drug-likeness (QED) is 0.636. The monoisotopic (exact) mass is 297 g/mol. The summed E-state index contributed by atoms with van der Waals surface area (Å²) in [5, 5.41) is 4.32. The van der Waals surface area contributed by atoms with E-state index in [0.29, 0.717) is 12.0 Å². The molecule has 0 aliphatic rings. The number of rotatable bonds is 10. The van der Waals surface area contributed by atoms with Gasteiger partial charge in [-0.2, -0.15) is 0 Å². The van der Waals surface area contributed by atoms with Gasteiger partial charge in [-0.3, -0.25) is 0 Å². The topological polar surface area (TPSA) is 21.3 Å². The Labute approximate surface area is 128 Å². The SMILES string of the molecule is CCCCOCCC(CNC(C)C)c1ccc(Cl)cc1. The van der Waals surface area contributed by atoms with Crippen molar-refractivity contribution in [3.8, 4) is 0 Å². The highest BCUT2D eigenvalue weighted by Gasteiger charge is 2.12.